The minimum Gasteiger partial charge on any atom is -0.302 e. The first-order chi connectivity index (χ1) is 14.6. The van der Waals surface area contributed by atoms with E-state index in [1.54, 1.807) is 0 Å². The zero-order valence-corrected chi connectivity index (χ0v) is 19.5. The van der Waals surface area contributed by atoms with Crippen LogP contribution in [0, 0.1) is 18.9 Å². The van der Waals surface area contributed by atoms with Crippen LogP contribution in [-0.2, 0) is 9.84 Å². The third kappa shape index (κ3) is 4.76. The molecule has 0 aliphatic carbocycles. The van der Waals surface area contributed by atoms with Gasteiger partial charge in [-0.05, 0) is 6.92 Å². The molecule has 17 heteroatoms. The molecule has 3 rings (SSSR count). The molecule has 0 bridgehead atoms. The van der Waals surface area contributed by atoms with Crippen LogP contribution in [0.2, 0.25) is 5.02 Å². The molecule has 0 amide bonds. The Balaban J connectivity index is 2.34. The van der Waals surface area contributed by atoms with Crippen LogP contribution in [0.25, 0.3) is 11.4 Å². The van der Waals surface area contributed by atoms with E-state index < -0.39 is 76.9 Å². The quantitative estimate of drug-likeness (QED) is 0.183. The van der Waals surface area contributed by atoms with E-state index in [0.29, 0.717) is 11.2 Å². The van der Waals surface area contributed by atoms with Crippen LogP contribution in [-0.4, -0.2) is 51.6 Å². The van der Waals surface area contributed by atoms with E-state index >= 15 is 0 Å². The summed E-state index contributed by atoms with van der Waals surface area (Å²) in [6, 6.07) is 0. The van der Waals surface area contributed by atoms with Gasteiger partial charge >= 0.3 is 10.7 Å². The van der Waals surface area contributed by atoms with Crippen molar-refractivity contribution in [3.63, 3.8) is 0 Å². The molecule has 0 aromatic carbocycles. The Morgan fingerprint density at radius 2 is 1.66 bits per heavy atom. The highest BCUT2D eigenvalue weighted by molar-refractivity contribution is 7.90. The lowest BCUT2D eigenvalue weighted by atomic mass is 10.2. The molecule has 2 aromatic rings. The third-order valence-electron chi connectivity index (χ3n) is 3.83. The highest BCUT2D eigenvalue weighted by Gasteiger charge is 2.41. The molecule has 0 spiro atoms. The number of rotatable bonds is 4. The minimum atomic E-state index is -4.31. The Labute approximate surface area is 197 Å². The summed E-state index contributed by atoms with van der Waals surface area (Å²) in [5.41, 5.74) is -1.39. The number of aromatic nitrogens is 4. The van der Waals surface area contributed by atoms with Gasteiger partial charge < -0.3 is 4.90 Å². The lowest BCUT2D eigenvalue weighted by molar-refractivity contribution is 0.476. The molecule has 0 radical (unpaired) electrons. The highest BCUT2D eigenvalue weighted by Crippen LogP contribution is 2.40. The zero-order chi connectivity index (χ0) is 24.2. The molecule has 0 unspecified atom stereocenters. The van der Waals surface area contributed by atoms with Crippen LogP contribution in [0.3, 0.4) is 0 Å². The molecule has 0 atom stereocenters. The van der Waals surface area contributed by atoms with E-state index in [1.807, 2.05) is 0 Å². The molecule has 8 nitrogen and oxygen atoms in total. The SMILES string of the molecule is Cc1nc(F)c(S(C)(=O)=O)c(-c2nc(F)nc(N3CC(Cl)=C(F)N=C3C(F)(Cl)Cl)c2Cl)n1. The lowest BCUT2D eigenvalue weighted by Crippen LogP contribution is -2.44. The van der Waals surface area contributed by atoms with Crippen molar-refractivity contribution >= 4 is 67.9 Å². The van der Waals surface area contributed by atoms with Crippen LogP contribution in [0.15, 0.2) is 20.9 Å². The smallest absolute Gasteiger partial charge is 0.302 e. The Bertz CT molecular complexity index is 1300. The summed E-state index contributed by atoms with van der Waals surface area (Å²) >= 11 is 22.8. The number of halogens is 8. The van der Waals surface area contributed by atoms with Crippen molar-refractivity contribution in [2.24, 2.45) is 4.99 Å². The molecule has 32 heavy (non-hydrogen) atoms. The summed E-state index contributed by atoms with van der Waals surface area (Å²) in [6.07, 6.45) is -0.865. The molecule has 1 aliphatic heterocycles. The standard InChI is InChI=1S/C15H8Cl4F4N6O2S/c1-4-24-8(9(11(21)25-4)32(2,30)31)7-6(17)12(28-14(22)26-7)29-3-5(16)10(20)27-13(29)15(18,19)23/h3H2,1-2H3. The fraction of sp³-hybridized carbons (Fsp3) is 0.267. The van der Waals surface area contributed by atoms with Crippen molar-refractivity contribution in [1.82, 2.24) is 19.9 Å². The van der Waals surface area contributed by atoms with Gasteiger partial charge in [0.15, 0.2) is 21.5 Å². The second-order valence-electron chi connectivity index (χ2n) is 6.21. The summed E-state index contributed by atoms with van der Waals surface area (Å²) in [6.45, 7) is 0.537. The van der Waals surface area contributed by atoms with Crippen LogP contribution >= 0.6 is 46.4 Å². The average Bonchev–Trinajstić information content (AvgIpc) is 2.62. The molecule has 0 N–H and O–H groups in total. The summed E-state index contributed by atoms with van der Waals surface area (Å²) in [5.74, 6) is -4.69. The predicted molar refractivity (Wildman–Crippen MR) is 110 cm³/mol. The first-order valence-electron chi connectivity index (χ1n) is 8.06. The van der Waals surface area contributed by atoms with Gasteiger partial charge in [0, 0.05) is 6.26 Å². The highest BCUT2D eigenvalue weighted by atomic mass is 35.5. The van der Waals surface area contributed by atoms with Gasteiger partial charge in [-0.1, -0.05) is 46.4 Å². The van der Waals surface area contributed by atoms with E-state index in [4.69, 9.17) is 46.4 Å². The predicted octanol–water partition coefficient (Wildman–Crippen LogP) is 4.27. The largest absolute Gasteiger partial charge is 0.315 e. The van der Waals surface area contributed by atoms with Crippen LogP contribution < -0.4 is 4.90 Å². The van der Waals surface area contributed by atoms with Gasteiger partial charge in [-0.15, -0.1) is 0 Å². The van der Waals surface area contributed by atoms with Crippen LogP contribution in [0.5, 0.6) is 0 Å². The van der Waals surface area contributed by atoms with Crippen molar-refractivity contribution in [3.8, 4) is 11.4 Å². The van der Waals surface area contributed by atoms with E-state index in [0.717, 1.165) is 0 Å². The molecule has 0 saturated carbocycles. The number of amidine groups is 1. The summed E-state index contributed by atoms with van der Waals surface area (Å²) in [7, 11) is -4.31. The number of nitrogens with zero attached hydrogens (tertiary/aromatic N) is 6. The van der Waals surface area contributed by atoms with Crippen molar-refractivity contribution in [1.29, 1.82) is 0 Å². The van der Waals surface area contributed by atoms with Crippen molar-refractivity contribution in [3.05, 3.63) is 33.9 Å². The van der Waals surface area contributed by atoms with Crippen molar-refractivity contribution in [2.75, 3.05) is 17.7 Å². The molecule has 1 aliphatic rings. The van der Waals surface area contributed by atoms with E-state index in [1.165, 1.54) is 6.92 Å². The zero-order valence-electron chi connectivity index (χ0n) is 15.6. The van der Waals surface area contributed by atoms with Gasteiger partial charge in [-0.25, -0.2) is 18.4 Å². The van der Waals surface area contributed by atoms with E-state index in [9.17, 15) is 26.0 Å². The number of aliphatic imine (C=N–C) groups is 1. The summed E-state index contributed by atoms with van der Waals surface area (Å²) < 4.78 is 77.8. The molecular weight excluding hydrogens is 546 g/mol. The molecule has 2 aromatic heterocycles. The number of anilines is 1. The van der Waals surface area contributed by atoms with Crippen LogP contribution in [0.4, 0.5) is 23.4 Å². The molecule has 3 heterocycles. The average molecular weight is 554 g/mol. The number of hydrogen-bond donors (Lipinski definition) is 0. The van der Waals surface area contributed by atoms with Gasteiger partial charge in [-0.3, -0.25) is 0 Å². The maximum atomic E-state index is 14.4. The van der Waals surface area contributed by atoms with E-state index in [-0.39, 0.29) is 5.82 Å². The lowest BCUT2D eigenvalue weighted by Gasteiger charge is -2.30. The fourth-order valence-corrected chi connectivity index (χ4v) is 4.22. The Morgan fingerprint density at radius 3 is 2.22 bits per heavy atom. The second kappa shape index (κ2) is 8.52. The molecule has 0 fully saturated rings. The van der Waals surface area contributed by atoms with Gasteiger partial charge in [0.2, 0.25) is 11.9 Å². The molecule has 172 valence electrons. The van der Waals surface area contributed by atoms with Gasteiger partial charge in [0.25, 0.3) is 0 Å². The Kier molecular flexibility index (Phi) is 6.61. The minimum absolute atomic E-state index is 0.237. The Hall–Kier alpha value is -1.80. The molecular formula is C15H8Cl4F4N6O2S. The first-order valence-corrected chi connectivity index (χ1v) is 11.5. The van der Waals surface area contributed by atoms with Crippen molar-refractivity contribution in [2.45, 2.75) is 16.4 Å². The maximum Gasteiger partial charge on any atom is 0.315 e. The maximum absolute atomic E-state index is 14.4. The normalized spacial score (nSPS) is 15.3. The summed E-state index contributed by atoms with van der Waals surface area (Å²) in [5, 5.41) is -1.21. The summed E-state index contributed by atoms with van der Waals surface area (Å²) in [4.78, 5) is 16.8. The number of aryl methyl sites for hydroxylation is 1. The van der Waals surface area contributed by atoms with Gasteiger partial charge in [0.1, 0.15) is 27.1 Å². The topological polar surface area (TPSA) is 101 Å². The van der Waals surface area contributed by atoms with Gasteiger partial charge in [0.05, 0.1) is 11.6 Å². The number of alkyl halides is 3. The fourth-order valence-electron chi connectivity index (χ4n) is 2.65. The number of hydrogen-bond acceptors (Lipinski definition) is 8. The van der Waals surface area contributed by atoms with E-state index in [2.05, 4.69) is 24.9 Å². The first kappa shape index (κ1) is 24.8. The van der Waals surface area contributed by atoms with Crippen molar-refractivity contribution < 1.29 is 26.0 Å². The third-order valence-corrected chi connectivity index (χ3v) is 5.89. The van der Waals surface area contributed by atoms with Crippen LogP contribution in [0.1, 0.15) is 5.82 Å². The Morgan fingerprint density at radius 1 is 1.03 bits per heavy atom. The van der Waals surface area contributed by atoms with Gasteiger partial charge in [-0.2, -0.15) is 32.5 Å². The number of sulfone groups is 1. The molecule has 0 saturated heterocycles. The monoisotopic (exact) mass is 552 g/mol. The second-order valence-corrected chi connectivity index (χ2v) is 10.2.